The van der Waals surface area contributed by atoms with Crippen LogP contribution in [0.2, 0.25) is 5.02 Å². The Morgan fingerprint density at radius 3 is 2.13 bits per heavy atom. The van der Waals surface area contributed by atoms with Crippen LogP contribution in [0.3, 0.4) is 0 Å². The van der Waals surface area contributed by atoms with Crippen molar-refractivity contribution in [2.45, 2.75) is 31.9 Å². The van der Waals surface area contributed by atoms with Crippen LogP contribution in [0, 0.1) is 0 Å². The van der Waals surface area contributed by atoms with E-state index in [9.17, 15) is 31.1 Å². The number of aromatic nitrogens is 2. The van der Waals surface area contributed by atoms with Gasteiger partial charge in [-0.25, -0.2) is 4.98 Å². The third kappa shape index (κ3) is 7.60. The molecule has 1 aromatic heterocycles. The fourth-order valence-electron chi connectivity index (χ4n) is 3.46. The summed E-state index contributed by atoms with van der Waals surface area (Å²) in [4.78, 5) is 24.7. The molecule has 39 heavy (non-hydrogen) atoms. The van der Waals surface area contributed by atoms with Crippen LogP contribution >= 0.6 is 11.6 Å². The zero-order valence-corrected chi connectivity index (χ0v) is 22.1. The number of benzene rings is 2. The highest BCUT2D eigenvalue weighted by molar-refractivity contribution is 6.33. The molecule has 0 spiro atoms. The van der Waals surface area contributed by atoms with Crippen LogP contribution in [0.15, 0.2) is 48.7 Å². The first-order chi connectivity index (χ1) is 18.1. The minimum absolute atomic E-state index is 0.0128. The van der Waals surface area contributed by atoms with E-state index in [1.54, 1.807) is 24.3 Å². The Morgan fingerprint density at radius 1 is 1.00 bits per heavy atom. The summed E-state index contributed by atoms with van der Waals surface area (Å²) in [7, 11) is 4.98. The van der Waals surface area contributed by atoms with Crippen LogP contribution in [0.25, 0.3) is 11.3 Å². The molecule has 0 radical (unpaired) electrons. The molecule has 1 amide bonds. The Bertz CT molecular complexity index is 1300. The number of ether oxygens (including phenoxy) is 1. The summed E-state index contributed by atoms with van der Waals surface area (Å²) in [6.07, 6.45) is -8.83. The first-order valence-electron chi connectivity index (χ1n) is 11.5. The Balaban J connectivity index is 1.98. The van der Waals surface area contributed by atoms with Crippen molar-refractivity contribution in [2.24, 2.45) is 0 Å². The second kappa shape index (κ2) is 11.8. The van der Waals surface area contributed by atoms with Crippen molar-refractivity contribution in [1.82, 2.24) is 19.8 Å². The molecule has 1 atom stereocenters. The molecule has 0 aliphatic rings. The predicted molar refractivity (Wildman–Crippen MR) is 133 cm³/mol. The molecular weight excluding hydrogens is 550 g/mol. The second-order valence-corrected chi connectivity index (χ2v) is 9.50. The largest absolute Gasteiger partial charge is 0.462 e. The zero-order valence-electron chi connectivity index (χ0n) is 21.4. The molecule has 0 bridgehead atoms. The number of carbonyl (C=O) groups excluding carboxylic acids is 1. The summed E-state index contributed by atoms with van der Waals surface area (Å²) in [6, 6.07) is 7.68. The van der Waals surface area contributed by atoms with Crippen molar-refractivity contribution in [3.05, 3.63) is 75.9 Å². The zero-order chi connectivity index (χ0) is 29.1. The lowest BCUT2D eigenvalue weighted by Gasteiger charge is -2.22. The van der Waals surface area contributed by atoms with Crippen molar-refractivity contribution < 1.29 is 35.9 Å². The van der Waals surface area contributed by atoms with Gasteiger partial charge in [-0.3, -0.25) is 4.79 Å². The minimum Gasteiger partial charge on any atom is -0.462 e. The fraction of sp³-hybridized carbons (Fsp3) is 0.346. The van der Waals surface area contributed by atoms with E-state index in [1.165, 1.54) is 13.2 Å². The molecule has 3 aromatic rings. The van der Waals surface area contributed by atoms with Crippen molar-refractivity contribution in [2.75, 3.05) is 27.7 Å². The van der Waals surface area contributed by atoms with Gasteiger partial charge in [0, 0.05) is 36.4 Å². The van der Waals surface area contributed by atoms with Gasteiger partial charge in [-0.15, -0.1) is 0 Å². The van der Waals surface area contributed by atoms with E-state index in [4.69, 9.17) is 16.3 Å². The Kier molecular flexibility index (Phi) is 9.12. The van der Waals surface area contributed by atoms with Gasteiger partial charge in [0.1, 0.15) is 6.61 Å². The molecule has 13 heteroatoms. The van der Waals surface area contributed by atoms with Crippen molar-refractivity contribution in [3.63, 3.8) is 0 Å². The number of hydrogen-bond acceptors (Lipinski definition) is 5. The quantitative estimate of drug-likeness (QED) is 0.290. The van der Waals surface area contributed by atoms with Crippen molar-refractivity contribution >= 4 is 17.5 Å². The highest BCUT2D eigenvalue weighted by Crippen LogP contribution is 2.37. The second-order valence-electron chi connectivity index (χ2n) is 9.09. The number of amides is 1. The summed E-state index contributed by atoms with van der Waals surface area (Å²) in [6.45, 7) is 1.60. The van der Waals surface area contributed by atoms with Crippen LogP contribution in [-0.2, 0) is 18.9 Å². The number of carbonyl (C=O) groups is 1. The SMILES string of the molecule is CC(COc1ncc(C(=O)N(C)Cc2cc(C(F)(F)F)cc(C(F)(F)F)c2)c(-c2ccccc2Cl)n1)N(C)C. The van der Waals surface area contributed by atoms with Crippen LogP contribution in [0.1, 0.15) is 34.0 Å². The van der Waals surface area contributed by atoms with Gasteiger partial charge in [0.2, 0.25) is 0 Å². The van der Waals surface area contributed by atoms with Crippen LogP contribution in [0.5, 0.6) is 6.01 Å². The van der Waals surface area contributed by atoms with E-state index in [0.717, 1.165) is 4.90 Å². The van der Waals surface area contributed by atoms with Gasteiger partial charge in [0.15, 0.2) is 0 Å². The molecule has 0 fully saturated rings. The molecule has 0 saturated carbocycles. The van der Waals surface area contributed by atoms with Crippen molar-refractivity contribution in [3.8, 4) is 17.3 Å². The average molecular weight is 575 g/mol. The summed E-state index contributed by atoms with van der Waals surface area (Å²) in [5.41, 5.74) is -2.90. The smallest absolute Gasteiger partial charge is 0.416 e. The maximum atomic E-state index is 13.4. The molecule has 0 aliphatic carbocycles. The van der Waals surface area contributed by atoms with Crippen LogP contribution in [-0.4, -0.2) is 59.5 Å². The standard InChI is InChI=1S/C26H25ClF6N4O2/c1-15(36(2)3)14-39-24-34-12-20(22(35-24)19-7-5-6-8-21(19)27)23(38)37(4)13-16-9-17(25(28,29)30)11-18(10-16)26(31,32)33/h5-12,15H,13-14H2,1-4H3. The lowest BCUT2D eigenvalue weighted by atomic mass is 10.0. The first kappa shape index (κ1) is 30.2. The van der Waals surface area contributed by atoms with E-state index < -0.39 is 35.9 Å². The molecular formula is C26H25ClF6N4O2. The first-order valence-corrected chi connectivity index (χ1v) is 11.9. The van der Waals surface area contributed by atoms with Gasteiger partial charge < -0.3 is 14.5 Å². The monoisotopic (exact) mass is 574 g/mol. The van der Waals surface area contributed by atoms with Gasteiger partial charge in [0.25, 0.3) is 5.91 Å². The summed E-state index contributed by atoms with van der Waals surface area (Å²) >= 11 is 6.34. The maximum Gasteiger partial charge on any atom is 0.416 e. The molecule has 3 rings (SSSR count). The number of halogens is 7. The molecule has 1 heterocycles. The van der Waals surface area contributed by atoms with Crippen molar-refractivity contribution in [1.29, 1.82) is 0 Å². The number of likely N-dealkylation sites (N-methyl/N-ethyl adjacent to an activating group) is 1. The predicted octanol–water partition coefficient (Wildman–Crippen LogP) is 6.44. The number of hydrogen-bond donors (Lipinski definition) is 0. The topological polar surface area (TPSA) is 58.6 Å². The molecule has 0 aliphatic heterocycles. The lowest BCUT2D eigenvalue weighted by molar-refractivity contribution is -0.143. The molecule has 0 saturated heterocycles. The Labute approximate surface area is 226 Å². The van der Waals surface area contributed by atoms with E-state index in [1.807, 2.05) is 25.9 Å². The summed E-state index contributed by atoms with van der Waals surface area (Å²) in [5, 5.41) is 0.258. The van der Waals surface area contributed by atoms with E-state index in [0.29, 0.717) is 17.7 Å². The van der Waals surface area contributed by atoms with Gasteiger partial charge in [-0.2, -0.15) is 31.3 Å². The highest BCUT2D eigenvalue weighted by Gasteiger charge is 2.37. The molecule has 6 nitrogen and oxygen atoms in total. The van der Waals surface area contributed by atoms with Crippen LogP contribution in [0.4, 0.5) is 26.3 Å². The minimum atomic E-state index is -5.01. The Morgan fingerprint density at radius 2 is 1.59 bits per heavy atom. The number of nitrogens with zero attached hydrogens (tertiary/aromatic N) is 4. The Hall–Kier alpha value is -3.38. The fourth-order valence-corrected chi connectivity index (χ4v) is 3.68. The van der Waals surface area contributed by atoms with E-state index in [2.05, 4.69) is 9.97 Å². The molecule has 1 unspecified atom stereocenters. The van der Waals surface area contributed by atoms with Gasteiger partial charge in [-0.1, -0.05) is 29.8 Å². The van der Waals surface area contributed by atoms with E-state index >= 15 is 0 Å². The summed E-state index contributed by atoms with van der Waals surface area (Å²) in [5.74, 6) is -0.746. The van der Waals surface area contributed by atoms with Gasteiger partial charge >= 0.3 is 18.4 Å². The van der Waals surface area contributed by atoms with Gasteiger partial charge in [-0.05, 0) is 50.8 Å². The third-order valence-corrected chi connectivity index (χ3v) is 6.20. The number of rotatable bonds is 8. The van der Waals surface area contributed by atoms with E-state index in [-0.39, 0.29) is 46.6 Å². The summed E-state index contributed by atoms with van der Waals surface area (Å²) < 4.78 is 85.3. The number of alkyl halides is 6. The van der Waals surface area contributed by atoms with Gasteiger partial charge in [0.05, 0.1) is 22.4 Å². The molecule has 2 aromatic carbocycles. The lowest BCUT2D eigenvalue weighted by Crippen LogP contribution is -2.31. The third-order valence-electron chi connectivity index (χ3n) is 5.88. The molecule has 0 N–H and O–H groups in total. The van der Waals surface area contributed by atoms with Crippen LogP contribution < -0.4 is 4.74 Å². The normalized spacial score (nSPS) is 12.9. The maximum absolute atomic E-state index is 13.4. The average Bonchev–Trinajstić information content (AvgIpc) is 2.85. The highest BCUT2D eigenvalue weighted by atomic mass is 35.5. The molecule has 210 valence electrons.